The van der Waals surface area contributed by atoms with Gasteiger partial charge in [0.25, 0.3) is 5.91 Å². The molecule has 0 bridgehead atoms. The summed E-state index contributed by atoms with van der Waals surface area (Å²) in [6.45, 7) is 0.994. The Hall–Kier alpha value is -3.87. The molecular formula is C22H19N5O2. The second-order valence-electron chi connectivity index (χ2n) is 7.10. The molecule has 0 radical (unpaired) electrons. The zero-order valence-corrected chi connectivity index (χ0v) is 15.5. The molecule has 1 unspecified atom stereocenters. The molecule has 0 saturated heterocycles. The van der Waals surface area contributed by atoms with Crippen molar-refractivity contribution < 1.29 is 9.90 Å². The highest BCUT2D eigenvalue weighted by molar-refractivity contribution is 5.93. The number of phenolic OH excluding ortho intramolecular Hbond substituents is 1. The molecule has 144 valence electrons. The largest absolute Gasteiger partial charge is 0.507 e. The van der Waals surface area contributed by atoms with Gasteiger partial charge in [-0.3, -0.25) is 9.89 Å². The van der Waals surface area contributed by atoms with Crippen LogP contribution in [0.25, 0.3) is 11.3 Å². The van der Waals surface area contributed by atoms with E-state index in [1.165, 1.54) is 0 Å². The molecule has 1 amide bonds. The Morgan fingerprint density at radius 1 is 1.10 bits per heavy atom. The molecule has 7 heteroatoms. The van der Waals surface area contributed by atoms with Crippen LogP contribution in [0.1, 0.15) is 33.4 Å². The average molecular weight is 385 g/mol. The minimum absolute atomic E-state index is 0.00992. The molecule has 0 saturated carbocycles. The van der Waals surface area contributed by atoms with Crippen molar-refractivity contribution in [1.82, 2.24) is 25.1 Å². The van der Waals surface area contributed by atoms with Crippen molar-refractivity contribution in [1.29, 1.82) is 0 Å². The van der Waals surface area contributed by atoms with Crippen molar-refractivity contribution in [3.05, 3.63) is 89.6 Å². The molecule has 1 aliphatic rings. The monoisotopic (exact) mass is 385 g/mol. The molecule has 0 aliphatic carbocycles. The topological polar surface area (TPSA) is 97.9 Å². The number of fused-ring (bicyclic) bond motifs is 1. The smallest absolute Gasteiger partial charge is 0.272 e. The van der Waals surface area contributed by atoms with Crippen molar-refractivity contribution in [3.63, 3.8) is 0 Å². The summed E-state index contributed by atoms with van der Waals surface area (Å²) in [5.74, 6) is -0.00160. The Kier molecular flexibility index (Phi) is 4.13. The van der Waals surface area contributed by atoms with E-state index in [1.54, 1.807) is 35.5 Å². The number of phenols is 1. The molecule has 7 nitrogen and oxygen atoms in total. The van der Waals surface area contributed by atoms with Crippen LogP contribution in [-0.4, -0.2) is 42.6 Å². The minimum atomic E-state index is -0.139. The first kappa shape index (κ1) is 17.2. The van der Waals surface area contributed by atoms with Gasteiger partial charge in [0.1, 0.15) is 11.4 Å². The number of amides is 1. The van der Waals surface area contributed by atoms with Gasteiger partial charge >= 0.3 is 0 Å². The van der Waals surface area contributed by atoms with Gasteiger partial charge in [-0.2, -0.15) is 5.10 Å². The summed E-state index contributed by atoms with van der Waals surface area (Å²) < 4.78 is 0. The van der Waals surface area contributed by atoms with Crippen LogP contribution in [-0.2, 0) is 6.54 Å². The maximum absolute atomic E-state index is 13.2. The van der Waals surface area contributed by atoms with Gasteiger partial charge in [0.05, 0.1) is 30.0 Å². The standard InChI is InChI=1S/C22H19N5O2/c28-20-9-5-4-8-15(20)17-10-18(26-25-17)22(29)27-11-16(14-6-2-1-3-7-14)21-19(12-27)23-13-24-21/h1-10,13,16,28H,11-12H2,(H,23,24)(H,25,26). The lowest BCUT2D eigenvalue weighted by Gasteiger charge is -2.32. The van der Waals surface area contributed by atoms with Crippen LogP contribution in [0.5, 0.6) is 5.75 Å². The lowest BCUT2D eigenvalue weighted by molar-refractivity contribution is 0.0716. The van der Waals surface area contributed by atoms with Crippen LogP contribution < -0.4 is 0 Å². The number of carbonyl (C=O) groups excluding carboxylic acids is 1. The summed E-state index contributed by atoms with van der Waals surface area (Å²) in [6, 6.07) is 18.7. The van der Waals surface area contributed by atoms with E-state index in [-0.39, 0.29) is 17.6 Å². The zero-order chi connectivity index (χ0) is 19.8. The molecule has 4 aromatic rings. The van der Waals surface area contributed by atoms with E-state index in [9.17, 15) is 9.90 Å². The molecule has 29 heavy (non-hydrogen) atoms. The summed E-state index contributed by atoms with van der Waals surface area (Å²) in [5.41, 5.74) is 4.55. The number of imidazole rings is 1. The quantitative estimate of drug-likeness (QED) is 0.504. The number of aromatic amines is 2. The first-order valence-corrected chi connectivity index (χ1v) is 9.41. The molecule has 2 aromatic heterocycles. The third-order valence-corrected chi connectivity index (χ3v) is 5.31. The Labute approximate surface area is 167 Å². The molecule has 3 N–H and O–H groups in total. The Bertz CT molecular complexity index is 1160. The number of carbonyl (C=O) groups is 1. The third-order valence-electron chi connectivity index (χ3n) is 5.31. The number of para-hydroxylation sites is 1. The van der Waals surface area contributed by atoms with E-state index in [2.05, 4.69) is 32.3 Å². The van der Waals surface area contributed by atoms with Crippen LogP contribution in [0.2, 0.25) is 0 Å². The first-order valence-electron chi connectivity index (χ1n) is 9.41. The van der Waals surface area contributed by atoms with Crippen LogP contribution in [0.4, 0.5) is 0 Å². The highest BCUT2D eigenvalue weighted by Gasteiger charge is 2.32. The number of aromatic nitrogens is 4. The van der Waals surface area contributed by atoms with E-state index in [0.29, 0.717) is 30.0 Å². The van der Waals surface area contributed by atoms with Gasteiger partial charge in [-0.15, -0.1) is 0 Å². The van der Waals surface area contributed by atoms with Gasteiger partial charge in [0, 0.05) is 18.0 Å². The van der Waals surface area contributed by atoms with Crippen LogP contribution >= 0.6 is 0 Å². The summed E-state index contributed by atoms with van der Waals surface area (Å²) >= 11 is 0. The summed E-state index contributed by atoms with van der Waals surface area (Å²) in [5, 5.41) is 17.1. The lowest BCUT2D eigenvalue weighted by atomic mass is 9.91. The normalized spacial score (nSPS) is 15.9. The van der Waals surface area contributed by atoms with Gasteiger partial charge in [0.15, 0.2) is 0 Å². The molecule has 1 atom stereocenters. The van der Waals surface area contributed by atoms with Gasteiger partial charge in [-0.25, -0.2) is 4.98 Å². The second-order valence-corrected chi connectivity index (χ2v) is 7.10. The number of rotatable bonds is 3. The number of nitrogens with one attached hydrogen (secondary N) is 2. The van der Waals surface area contributed by atoms with Crippen molar-refractivity contribution in [2.45, 2.75) is 12.5 Å². The minimum Gasteiger partial charge on any atom is -0.507 e. The van der Waals surface area contributed by atoms with Crippen molar-refractivity contribution in [3.8, 4) is 17.0 Å². The first-order chi connectivity index (χ1) is 14.2. The number of benzene rings is 2. The van der Waals surface area contributed by atoms with E-state index in [0.717, 1.165) is 17.0 Å². The predicted molar refractivity (Wildman–Crippen MR) is 107 cm³/mol. The van der Waals surface area contributed by atoms with E-state index >= 15 is 0 Å². The molecule has 2 aromatic carbocycles. The Balaban J connectivity index is 1.45. The Morgan fingerprint density at radius 2 is 1.90 bits per heavy atom. The van der Waals surface area contributed by atoms with Gasteiger partial charge in [-0.1, -0.05) is 42.5 Å². The summed E-state index contributed by atoms with van der Waals surface area (Å²) in [7, 11) is 0. The van der Waals surface area contributed by atoms with Crippen LogP contribution in [0, 0.1) is 0 Å². The van der Waals surface area contributed by atoms with E-state index < -0.39 is 0 Å². The molecular weight excluding hydrogens is 366 g/mol. The van der Waals surface area contributed by atoms with Crippen LogP contribution in [0.3, 0.4) is 0 Å². The lowest BCUT2D eigenvalue weighted by Crippen LogP contribution is -2.39. The second kappa shape index (κ2) is 6.94. The number of nitrogens with zero attached hydrogens (tertiary/aromatic N) is 3. The van der Waals surface area contributed by atoms with E-state index in [1.807, 2.05) is 24.3 Å². The zero-order valence-electron chi connectivity index (χ0n) is 15.5. The SMILES string of the molecule is O=C(c1cc(-c2ccccc2O)n[nH]1)N1Cc2[nH]cnc2C(c2ccccc2)C1. The highest BCUT2D eigenvalue weighted by Crippen LogP contribution is 2.32. The number of aromatic hydroxyl groups is 1. The predicted octanol–water partition coefficient (Wildman–Crippen LogP) is 3.29. The molecule has 1 aliphatic heterocycles. The molecule has 5 rings (SSSR count). The summed E-state index contributed by atoms with van der Waals surface area (Å²) in [6.07, 6.45) is 1.68. The van der Waals surface area contributed by atoms with Crippen molar-refractivity contribution in [2.75, 3.05) is 6.54 Å². The third kappa shape index (κ3) is 3.06. The van der Waals surface area contributed by atoms with Crippen molar-refractivity contribution in [2.24, 2.45) is 0 Å². The summed E-state index contributed by atoms with van der Waals surface area (Å²) in [4.78, 5) is 22.6. The average Bonchev–Trinajstić information content (AvgIpc) is 3.43. The Morgan fingerprint density at radius 3 is 2.72 bits per heavy atom. The van der Waals surface area contributed by atoms with Gasteiger partial charge < -0.3 is 15.0 Å². The van der Waals surface area contributed by atoms with Gasteiger partial charge in [0.2, 0.25) is 0 Å². The number of hydrogen-bond acceptors (Lipinski definition) is 4. The number of hydrogen-bond donors (Lipinski definition) is 3. The highest BCUT2D eigenvalue weighted by atomic mass is 16.3. The maximum atomic E-state index is 13.2. The number of H-pyrrole nitrogens is 2. The van der Waals surface area contributed by atoms with Crippen molar-refractivity contribution >= 4 is 5.91 Å². The fourth-order valence-corrected chi connectivity index (χ4v) is 3.85. The fourth-order valence-electron chi connectivity index (χ4n) is 3.85. The molecule has 0 spiro atoms. The van der Waals surface area contributed by atoms with E-state index in [4.69, 9.17) is 0 Å². The fraction of sp³-hybridized carbons (Fsp3) is 0.136. The molecule has 3 heterocycles. The van der Waals surface area contributed by atoms with Gasteiger partial charge in [-0.05, 0) is 23.8 Å². The molecule has 0 fully saturated rings. The van der Waals surface area contributed by atoms with Crippen LogP contribution in [0.15, 0.2) is 67.0 Å². The maximum Gasteiger partial charge on any atom is 0.272 e.